The smallest absolute Gasteiger partial charge is 0.223 e. The van der Waals surface area contributed by atoms with Crippen LogP contribution < -0.4 is 20.7 Å². The van der Waals surface area contributed by atoms with Crippen LogP contribution in [0.25, 0.3) is 0 Å². The first kappa shape index (κ1) is 22.4. The molecule has 0 aromatic rings. The zero-order chi connectivity index (χ0) is 16.4. The van der Waals surface area contributed by atoms with Gasteiger partial charge in [-0.25, -0.2) is 13.1 Å². The number of nitrogens with zero attached hydrogens (tertiary/aromatic N) is 1. The van der Waals surface area contributed by atoms with E-state index in [9.17, 15) is 13.2 Å². The molecule has 1 amide bonds. The summed E-state index contributed by atoms with van der Waals surface area (Å²) in [4.78, 5) is 15.8. The number of carbonyl (C=O) groups excluding carboxylic acids is 1. The van der Waals surface area contributed by atoms with Crippen LogP contribution in [0.5, 0.6) is 0 Å². The van der Waals surface area contributed by atoms with E-state index < -0.39 is 10.0 Å². The molecular formula is C13H28IN5O3S. The Labute approximate surface area is 155 Å². The summed E-state index contributed by atoms with van der Waals surface area (Å²) in [5.41, 5.74) is 0. The van der Waals surface area contributed by atoms with Crippen molar-refractivity contribution < 1.29 is 13.2 Å². The molecule has 8 nitrogen and oxygen atoms in total. The average molecular weight is 461 g/mol. The van der Waals surface area contributed by atoms with Crippen LogP contribution in [0.2, 0.25) is 0 Å². The number of hydrogen-bond acceptors (Lipinski definition) is 4. The van der Waals surface area contributed by atoms with Gasteiger partial charge in [0.15, 0.2) is 5.96 Å². The summed E-state index contributed by atoms with van der Waals surface area (Å²) in [5, 5.41) is 9.10. The van der Waals surface area contributed by atoms with Crippen molar-refractivity contribution in [2.45, 2.75) is 26.2 Å². The van der Waals surface area contributed by atoms with Crippen molar-refractivity contribution in [1.29, 1.82) is 0 Å². The Morgan fingerprint density at radius 3 is 2.35 bits per heavy atom. The van der Waals surface area contributed by atoms with Crippen LogP contribution in [0.15, 0.2) is 4.99 Å². The lowest BCUT2D eigenvalue weighted by molar-refractivity contribution is -0.122. The van der Waals surface area contributed by atoms with Crippen molar-refractivity contribution in [3.05, 3.63) is 0 Å². The van der Waals surface area contributed by atoms with Gasteiger partial charge in [0.25, 0.3) is 0 Å². The number of guanidine groups is 1. The van der Waals surface area contributed by atoms with Gasteiger partial charge in [0.2, 0.25) is 15.9 Å². The maximum atomic E-state index is 11.5. The summed E-state index contributed by atoms with van der Waals surface area (Å²) in [6.07, 6.45) is 3.77. The average Bonchev–Trinajstić information content (AvgIpc) is 3.26. The van der Waals surface area contributed by atoms with Gasteiger partial charge in [-0.05, 0) is 26.2 Å². The van der Waals surface area contributed by atoms with E-state index in [0.717, 1.165) is 25.6 Å². The normalized spacial score (nSPS) is 14.8. The molecule has 0 heterocycles. The fourth-order valence-corrected chi connectivity index (χ4v) is 2.24. The number of aliphatic imine (C=N–C) groups is 1. The largest absolute Gasteiger partial charge is 0.357 e. The van der Waals surface area contributed by atoms with E-state index in [1.807, 2.05) is 6.92 Å². The van der Waals surface area contributed by atoms with E-state index in [1.165, 1.54) is 0 Å². The minimum atomic E-state index is -3.13. The Morgan fingerprint density at radius 1 is 1.13 bits per heavy atom. The lowest BCUT2D eigenvalue weighted by Gasteiger charge is -2.11. The highest BCUT2D eigenvalue weighted by Crippen LogP contribution is 2.28. The molecule has 136 valence electrons. The van der Waals surface area contributed by atoms with Gasteiger partial charge >= 0.3 is 0 Å². The van der Waals surface area contributed by atoms with Gasteiger partial charge in [0.05, 0.1) is 6.26 Å². The molecule has 0 spiro atoms. The number of amides is 1. The molecule has 0 bridgehead atoms. The van der Waals surface area contributed by atoms with Crippen LogP contribution in [-0.2, 0) is 14.8 Å². The molecule has 0 aromatic heterocycles. The zero-order valence-corrected chi connectivity index (χ0v) is 16.9. The Bertz CT molecular complexity index is 480. The van der Waals surface area contributed by atoms with Gasteiger partial charge in [0.1, 0.15) is 0 Å². The molecular weight excluding hydrogens is 433 g/mol. The van der Waals surface area contributed by atoms with Gasteiger partial charge < -0.3 is 16.0 Å². The molecule has 10 heteroatoms. The minimum absolute atomic E-state index is 0. The second-order valence-electron chi connectivity index (χ2n) is 5.27. The van der Waals surface area contributed by atoms with Crippen molar-refractivity contribution in [2.75, 3.05) is 39.0 Å². The first-order chi connectivity index (χ1) is 10.4. The fourth-order valence-electron chi connectivity index (χ4n) is 1.73. The van der Waals surface area contributed by atoms with E-state index in [4.69, 9.17) is 0 Å². The highest BCUT2D eigenvalue weighted by atomic mass is 127. The highest BCUT2D eigenvalue weighted by molar-refractivity contribution is 14.0. The van der Waals surface area contributed by atoms with E-state index >= 15 is 0 Å². The molecule has 1 aliphatic rings. The standard InChI is InChI=1S/C13H27N5O3S.HI/c1-3-14-13(16-7-4-8-18-22(2,20)21)17-10-9-15-12(19)11-5-6-11;/h11,18H,3-10H2,1-2H3,(H,15,19)(H2,14,16,17);1H. The number of carbonyl (C=O) groups is 1. The molecule has 23 heavy (non-hydrogen) atoms. The van der Waals surface area contributed by atoms with Crippen molar-refractivity contribution in [3.8, 4) is 0 Å². The van der Waals surface area contributed by atoms with Gasteiger partial charge in [-0.15, -0.1) is 24.0 Å². The van der Waals surface area contributed by atoms with E-state index in [2.05, 4.69) is 25.7 Å². The fraction of sp³-hybridized carbons (Fsp3) is 0.846. The molecule has 1 aliphatic carbocycles. The second-order valence-corrected chi connectivity index (χ2v) is 7.11. The molecule has 0 radical (unpaired) electrons. The summed E-state index contributed by atoms with van der Waals surface area (Å²) in [7, 11) is -3.13. The highest BCUT2D eigenvalue weighted by Gasteiger charge is 2.28. The number of sulfonamides is 1. The monoisotopic (exact) mass is 461 g/mol. The van der Waals surface area contributed by atoms with Gasteiger partial charge in [-0.2, -0.15) is 0 Å². The van der Waals surface area contributed by atoms with Gasteiger partial charge in [-0.1, -0.05) is 0 Å². The number of hydrogen-bond donors (Lipinski definition) is 4. The van der Waals surface area contributed by atoms with Crippen molar-refractivity contribution in [3.63, 3.8) is 0 Å². The van der Waals surface area contributed by atoms with Crippen LogP contribution in [0.4, 0.5) is 0 Å². The predicted octanol–water partition coefficient (Wildman–Crippen LogP) is -0.375. The van der Waals surface area contributed by atoms with Gasteiger partial charge in [-0.3, -0.25) is 9.79 Å². The third-order valence-electron chi connectivity index (χ3n) is 2.98. The molecule has 0 aromatic carbocycles. The number of nitrogens with one attached hydrogen (secondary N) is 4. The quantitative estimate of drug-likeness (QED) is 0.154. The Balaban J connectivity index is 0.00000484. The van der Waals surface area contributed by atoms with Crippen LogP contribution in [0.3, 0.4) is 0 Å². The SMILES string of the molecule is CCNC(=NCCCNS(C)(=O)=O)NCCNC(=O)C1CC1.I. The van der Waals surface area contributed by atoms with Crippen LogP contribution in [0, 0.1) is 5.92 Å². The van der Waals surface area contributed by atoms with E-state index in [0.29, 0.717) is 38.6 Å². The topological polar surface area (TPSA) is 112 Å². The predicted molar refractivity (Wildman–Crippen MR) is 103 cm³/mol. The van der Waals surface area contributed by atoms with Crippen molar-refractivity contribution in [2.24, 2.45) is 10.9 Å². The van der Waals surface area contributed by atoms with E-state index in [1.54, 1.807) is 0 Å². The molecule has 0 saturated heterocycles. The molecule has 1 fully saturated rings. The molecule has 0 unspecified atom stereocenters. The minimum Gasteiger partial charge on any atom is -0.357 e. The first-order valence-corrected chi connectivity index (χ1v) is 9.56. The number of rotatable bonds is 10. The summed E-state index contributed by atoms with van der Waals surface area (Å²) in [6.45, 7) is 4.77. The second kappa shape index (κ2) is 11.8. The van der Waals surface area contributed by atoms with Crippen LogP contribution >= 0.6 is 24.0 Å². The summed E-state index contributed by atoms with van der Waals surface area (Å²) < 4.78 is 24.2. The van der Waals surface area contributed by atoms with Crippen LogP contribution in [-0.4, -0.2) is 59.3 Å². The molecule has 0 atom stereocenters. The first-order valence-electron chi connectivity index (χ1n) is 7.67. The Morgan fingerprint density at radius 2 is 1.78 bits per heavy atom. The molecule has 1 saturated carbocycles. The third kappa shape index (κ3) is 12.5. The maximum absolute atomic E-state index is 11.5. The zero-order valence-electron chi connectivity index (χ0n) is 13.7. The maximum Gasteiger partial charge on any atom is 0.223 e. The van der Waals surface area contributed by atoms with Crippen molar-refractivity contribution >= 4 is 45.9 Å². The van der Waals surface area contributed by atoms with E-state index in [-0.39, 0.29) is 35.8 Å². The van der Waals surface area contributed by atoms with Crippen molar-refractivity contribution in [1.82, 2.24) is 20.7 Å². The molecule has 0 aliphatic heterocycles. The summed E-state index contributed by atoms with van der Waals surface area (Å²) >= 11 is 0. The summed E-state index contributed by atoms with van der Waals surface area (Å²) in [5.74, 6) is 1.03. The lowest BCUT2D eigenvalue weighted by Crippen LogP contribution is -2.41. The third-order valence-corrected chi connectivity index (χ3v) is 3.71. The molecule has 1 rings (SSSR count). The molecule has 4 N–H and O–H groups in total. The Kier molecular flexibility index (Phi) is 11.5. The van der Waals surface area contributed by atoms with Crippen LogP contribution in [0.1, 0.15) is 26.2 Å². The summed E-state index contributed by atoms with van der Waals surface area (Å²) in [6, 6.07) is 0. The Hall–Kier alpha value is -0.620. The van der Waals surface area contributed by atoms with Gasteiger partial charge in [0, 0.05) is 38.6 Å². The number of halogens is 1. The lowest BCUT2D eigenvalue weighted by atomic mass is 10.4.